The highest BCUT2D eigenvalue weighted by atomic mass is 19.4. The number of ether oxygens (including phenoxy) is 1. The molecule has 3 amide bonds. The average Bonchev–Trinajstić information content (AvgIpc) is 3.34. The lowest BCUT2D eigenvalue weighted by Crippen LogP contribution is -2.36. The van der Waals surface area contributed by atoms with Gasteiger partial charge in [-0.05, 0) is 48.7 Å². The summed E-state index contributed by atoms with van der Waals surface area (Å²) in [6.07, 6.45) is -3.00. The molecule has 6 nitrogen and oxygen atoms in total. The summed E-state index contributed by atoms with van der Waals surface area (Å²) in [6, 6.07) is 8.85. The normalized spacial score (nSPS) is 18.4. The van der Waals surface area contributed by atoms with Crippen molar-refractivity contribution in [3.05, 3.63) is 70.3 Å². The van der Waals surface area contributed by atoms with Gasteiger partial charge in [0.05, 0.1) is 29.3 Å². The molecule has 0 aromatic heterocycles. The second-order valence-electron chi connectivity index (χ2n) is 7.50. The van der Waals surface area contributed by atoms with Gasteiger partial charge < -0.3 is 10.1 Å². The highest BCUT2D eigenvalue weighted by Crippen LogP contribution is 2.30. The van der Waals surface area contributed by atoms with Crippen LogP contribution in [0.25, 0.3) is 0 Å². The topological polar surface area (TPSA) is 75.7 Å². The van der Waals surface area contributed by atoms with Crippen molar-refractivity contribution in [3.8, 4) is 0 Å². The average molecular weight is 432 g/mol. The number of halogens is 3. The third-order valence-electron chi connectivity index (χ3n) is 5.35. The van der Waals surface area contributed by atoms with Gasteiger partial charge in [-0.25, -0.2) is 0 Å². The standard InChI is InChI=1S/C22H19F3N2O4/c23-22(24,25)15-4-1-3-13(9-15)11-26-19(28)14-6-7-17-18(10-14)21(30)27(20(17)29)12-16-5-2-8-31-16/h1,3-4,6-7,9-10,16H,2,5,8,11-12H2,(H,26,28). The molecule has 2 aromatic rings. The van der Waals surface area contributed by atoms with E-state index in [-0.39, 0.29) is 35.9 Å². The molecule has 2 aromatic carbocycles. The fourth-order valence-corrected chi connectivity index (χ4v) is 3.73. The Morgan fingerprint density at radius 2 is 1.87 bits per heavy atom. The first kappa shape index (κ1) is 21.0. The minimum absolute atomic E-state index is 0.113. The van der Waals surface area contributed by atoms with Crippen LogP contribution in [0.1, 0.15) is 55.0 Å². The Kier molecular flexibility index (Phi) is 5.53. The molecule has 9 heteroatoms. The van der Waals surface area contributed by atoms with Crippen molar-refractivity contribution in [1.82, 2.24) is 10.2 Å². The van der Waals surface area contributed by atoms with Crippen LogP contribution in [0.15, 0.2) is 42.5 Å². The molecule has 0 aliphatic carbocycles. The molecule has 1 unspecified atom stereocenters. The van der Waals surface area contributed by atoms with Crippen LogP contribution < -0.4 is 5.32 Å². The van der Waals surface area contributed by atoms with Gasteiger partial charge in [-0.1, -0.05) is 12.1 Å². The molecule has 162 valence electrons. The maximum Gasteiger partial charge on any atom is 0.416 e. The van der Waals surface area contributed by atoms with Crippen molar-refractivity contribution in [2.45, 2.75) is 31.7 Å². The summed E-state index contributed by atoms with van der Waals surface area (Å²) in [5.74, 6) is -1.47. The second-order valence-corrected chi connectivity index (χ2v) is 7.50. The van der Waals surface area contributed by atoms with E-state index < -0.39 is 29.5 Å². The summed E-state index contributed by atoms with van der Waals surface area (Å²) < 4.78 is 44.0. The van der Waals surface area contributed by atoms with E-state index in [0.717, 1.165) is 29.9 Å². The molecule has 1 fully saturated rings. The van der Waals surface area contributed by atoms with Crippen LogP contribution in [0, 0.1) is 0 Å². The van der Waals surface area contributed by atoms with Crippen LogP contribution in [-0.4, -0.2) is 41.9 Å². The molecule has 0 bridgehead atoms. The van der Waals surface area contributed by atoms with Gasteiger partial charge in [-0.2, -0.15) is 13.2 Å². The number of benzene rings is 2. The van der Waals surface area contributed by atoms with Crippen LogP contribution in [0.5, 0.6) is 0 Å². The number of amides is 3. The zero-order valence-corrected chi connectivity index (χ0v) is 16.4. The minimum Gasteiger partial charge on any atom is -0.376 e. The number of fused-ring (bicyclic) bond motifs is 1. The van der Waals surface area contributed by atoms with Crippen LogP contribution in [0.2, 0.25) is 0 Å². The van der Waals surface area contributed by atoms with Crippen molar-refractivity contribution in [2.75, 3.05) is 13.2 Å². The number of hydrogen-bond donors (Lipinski definition) is 1. The third kappa shape index (κ3) is 4.32. The molecule has 1 saturated heterocycles. The fourth-order valence-electron chi connectivity index (χ4n) is 3.73. The van der Waals surface area contributed by atoms with E-state index in [1.165, 1.54) is 30.3 Å². The lowest BCUT2D eigenvalue weighted by Gasteiger charge is -2.17. The zero-order valence-electron chi connectivity index (χ0n) is 16.4. The lowest BCUT2D eigenvalue weighted by atomic mass is 10.1. The first-order chi connectivity index (χ1) is 14.7. The van der Waals surface area contributed by atoms with Crippen LogP contribution in [-0.2, 0) is 17.5 Å². The number of nitrogens with zero attached hydrogens (tertiary/aromatic N) is 1. The van der Waals surface area contributed by atoms with Crippen molar-refractivity contribution in [2.24, 2.45) is 0 Å². The summed E-state index contributed by atoms with van der Waals surface area (Å²) in [6.45, 7) is 0.658. The van der Waals surface area contributed by atoms with Gasteiger partial charge in [0.15, 0.2) is 0 Å². The van der Waals surface area contributed by atoms with E-state index in [0.29, 0.717) is 12.2 Å². The van der Waals surface area contributed by atoms with E-state index in [2.05, 4.69) is 5.32 Å². The number of rotatable bonds is 5. The van der Waals surface area contributed by atoms with Crippen LogP contribution in [0.4, 0.5) is 13.2 Å². The first-order valence-electron chi connectivity index (χ1n) is 9.80. The molecule has 0 saturated carbocycles. The predicted molar refractivity (Wildman–Crippen MR) is 103 cm³/mol. The Balaban J connectivity index is 1.45. The molecular formula is C22H19F3N2O4. The van der Waals surface area contributed by atoms with Crippen LogP contribution in [0.3, 0.4) is 0 Å². The quantitative estimate of drug-likeness (QED) is 0.735. The summed E-state index contributed by atoms with van der Waals surface area (Å²) in [5, 5.41) is 2.54. The van der Waals surface area contributed by atoms with E-state index >= 15 is 0 Å². The van der Waals surface area contributed by atoms with Gasteiger partial charge in [-0.15, -0.1) is 0 Å². The molecular weight excluding hydrogens is 413 g/mol. The molecule has 2 aliphatic heterocycles. The van der Waals surface area contributed by atoms with Gasteiger partial charge in [0.25, 0.3) is 17.7 Å². The van der Waals surface area contributed by atoms with Gasteiger partial charge in [0.1, 0.15) is 0 Å². The Labute approximate surface area is 176 Å². The van der Waals surface area contributed by atoms with Gasteiger partial charge in [-0.3, -0.25) is 19.3 Å². The Hall–Kier alpha value is -3.20. The second kappa shape index (κ2) is 8.14. The lowest BCUT2D eigenvalue weighted by molar-refractivity contribution is -0.137. The highest BCUT2D eigenvalue weighted by Gasteiger charge is 2.38. The fraction of sp³-hybridized carbons (Fsp3) is 0.318. The first-order valence-corrected chi connectivity index (χ1v) is 9.80. The highest BCUT2D eigenvalue weighted by molar-refractivity contribution is 6.22. The van der Waals surface area contributed by atoms with E-state index in [1.807, 2.05) is 0 Å². The maximum atomic E-state index is 12.8. The maximum absolute atomic E-state index is 12.8. The predicted octanol–water partition coefficient (Wildman–Crippen LogP) is 3.41. The molecule has 1 atom stereocenters. The van der Waals surface area contributed by atoms with Crippen molar-refractivity contribution in [1.29, 1.82) is 0 Å². The SMILES string of the molecule is O=C(NCc1cccc(C(F)(F)F)c1)c1ccc2c(c1)C(=O)N(CC1CCCO1)C2=O. The van der Waals surface area contributed by atoms with E-state index in [9.17, 15) is 27.6 Å². The van der Waals surface area contributed by atoms with Crippen molar-refractivity contribution in [3.63, 3.8) is 0 Å². The Morgan fingerprint density at radius 1 is 1.10 bits per heavy atom. The summed E-state index contributed by atoms with van der Waals surface area (Å²) >= 11 is 0. The number of nitrogens with one attached hydrogen (secondary N) is 1. The largest absolute Gasteiger partial charge is 0.416 e. The summed E-state index contributed by atoms with van der Waals surface area (Å²) in [5.41, 5.74) is -0.0106. The van der Waals surface area contributed by atoms with Crippen molar-refractivity contribution < 1.29 is 32.3 Å². The molecule has 4 rings (SSSR count). The molecule has 0 radical (unpaired) electrons. The third-order valence-corrected chi connectivity index (χ3v) is 5.35. The van der Waals surface area contributed by atoms with Crippen molar-refractivity contribution >= 4 is 17.7 Å². The zero-order chi connectivity index (χ0) is 22.2. The summed E-state index contributed by atoms with van der Waals surface area (Å²) in [7, 11) is 0. The number of imide groups is 1. The summed E-state index contributed by atoms with van der Waals surface area (Å²) in [4.78, 5) is 38.9. The monoisotopic (exact) mass is 432 g/mol. The molecule has 2 aliphatic rings. The molecule has 0 spiro atoms. The van der Waals surface area contributed by atoms with Gasteiger partial charge in [0, 0.05) is 18.7 Å². The molecule has 2 heterocycles. The van der Waals surface area contributed by atoms with E-state index in [4.69, 9.17) is 4.74 Å². The Bertz CT molecular complexity index is 1050. The number of carbonyl (C=O) groups is 3. The smallest absolute Gasteiger partial charge is 0.376 e. The Morgan fingerprint density at radius 3 is 2.58 bits per heavy atom. The molecule has 1 N–H and O–H groups in total. The van der Waals surface area contributed by atoms with Gasteiger partial charge in [0.2, 0.25) is 0 Å². The van der Waals surface area contributed by atoms with Crippen LogP contribution >= 0.6 is 0 Å². The molecule has 31 heavy (non-hydrogen) atoms. The number of carbonyl (C=O) groups excluding carboxylic acids is 3. The van der Waals surface area contributed by atoms with E-state index in [1.54, 1.807) is 0 Å². The minimum atomic E-state index is -4.47. The van der Waals surface area contributed by atoms with Gasteiger partial charge >= 0.3 is 6.18 Å². The number of alkyl halides is 3. The number of hydrogen-bond acceptors (Lipinski definition) is 4.